The van der Waals surface area contributed by atoms with Crippen LogP contribution in [0.2, 0.25) is 34.8 Å². The van der Waals surface area contributed by atoms with Gasteiger partial charge in [-0.15, -0.1) is 0 Å². The van der Waals surface area contributed by atoms with Crippen LogP contribution in [0.15, 0.2) is 0 Å². The van der Waals surface area contributed by atoms with Gasteiger partial charge in [0.15, 0.2) is 8.32 Å². The van der Waals surface area contributed by atoms with Gasteiger partial charge in [-0.3, -0.25) is 0 Å². The Labute approximate surface area is 184 Å². The van der Waals surface area contributed by atoms with Crippen LogP contribution in [0.1, 0.15) is 89.0 Å². The molecule has 0 spiro atoms. The van der Waals surface area contributed by atoms with Crippen LogP contribution in [0.5, 0.6) is 0 Å². The van der Waals surface area contributed by atoms with E-state index in [4.69, 9.17) is 8.85 Å². The number of rotatable bonds is 9. The fourth-order valence-electron chi connectivity index (χ4n) is 5.29. The summed E-state index contributed by atoms with van der Waals surface area (Å²) in [6, 6.07) is 0. The first-order valence-corrected chi connectivity index (χ1v) is 16.9. The highest BCUT2D eigenvalue weighted by Gasteiger charge is 2.51. The van der Waals surface area contributed by atoms with Crippen molar-refractivity contribution in [2.75, 3.05) is 6.61 Å². The molecule has 1 N–H and O–H groups in total. The molecule has 3 nitrogen and oxygen atoms in total. The molecule has 0 radical (unpaired) electrons. The average molecular weight is 445 g/mol. The van der Waals surface area contributed by atoms with Gasteiger partial charge in [-0.1, -0.05) is 76.2 Å². The Hall–Kier alpha value is 0.314. The van der Waals surface area contributed by atoms with Crippen LogP contribution in [-0.2, 0) is 8.85 Å². The Balaban J connectivity index is 2.93. The van der Waals surface area contributed by atoms with Gasteiger partial charge in [0.25, 0.3) is 0 Å². The van der Waals surface area contributed by atoms with Gasteiger partial charge < -0.3 is 14.0 Å². The molecule has 1 fully saturated rings. The van der Waals surface area contributed by atoms with Gasteiger partial charge in [0.1, 0.15) is 0 Å². The van der Waals surface area contributed by atoms with E-state index in [0.29, 0.717) is 16.6 Å². The maximum absolute atomic E-state index is 11.0. The summed E-state index contributed by atoms with van der Waals surface area (Å²) in [6.07, 6.45) is 1.61. The van der Waals surface area contributed by atoms with Crippen molar-refractivity contribution in [3.8, 4) is 0 Å². The summed E-state index contributed by atoms with van der Waals surface area (Å²) in [5.41, 5.74) is 1.68. The third kappa shape index (κ3) is 5.97. The SMILES string of the molecule is CC(C)[Si](O[C@H]1C[C@@H](O)[C@@H](C(C)(C)CO[Si](C)(C)C(C)(C)C)C1)(C(C)C)C(C)C. The van der Waals surface area contributed by atoms with Gasteiger partial charge in [-0.2, -0.15) is 0 Å². The zero-order valence-corrected chi connectivity index (χ0v) is 23.8. The fourth-order valence-corrected chi connectivity index (χ4v) is 12.0. The van der Waals surface area contributed by atoms with Crippen LogP contribution in [0.3, 0.4) is 0 Å². The lowest BCUT2D eigenvalue weighted by atomic mass is 9.77. The molecule has 0 aromatic carbocycles. The minimum atomic E-state index is -1.92. The number of hydrogen-bond acceptors (Lipinski definition) is 3. The van der Waals surface area contributed by atoms with Gasteiger partial charge in [0.2, 0.25) is 8.32 Å². The summed E-state index contributed by atoms with van der Waals surface area (Å²) < 4.78 is 13.6. The third-order valence-electron chi connectivity index (χ3n) is 8.18. The second-order valence-electron chi connectivity index (χ2n) is 12.7. The first-order chi connectivity index (χ1) is 12.9. The number of aliphatic hydroxyl groups excluding tert-OH is 1. The van der Waals surface area contributed by atoms with Gasteiger partial charge in [-0.25, -0.2) is 0 Å². The van der Waals surface area contributed by atoms with Crippen molar-refractivity contribution in [3.05, 3.63) is 0 Å². The summed E-state index contributed by atoms with van der Waals surface area (Å²) >= 11 is 0. The molecule has 0 aromatic heterocycles. The van der Waals surface area contributed by atoms with Gasteiger partial charge >= 0.3 is 0 Å². The monoisotopic (exact) mass is 444 g/mol. The van der Waals surface area contributed by atoms with E-state index in [-0.39, 0.29) is 28.6 Å². The highest BCUT2D eigenvalue weighted by atomic mass is 28.4. The molecule has 0 saturated heterocycles. The normalized spacial score (nSPS) is 24.9. The zero-order valence-electron chi connectivity index (χ0n) is 21.8. The van der Waals surface area contributed by atoms with E-state index in [1.165, 1.54) is 0 Å². The predicted octanol–water partition coefficient (Wildman–Crippen LogP) is 7.37. The molecule has 1 aliphatic rings. The van der Waals surface area contributed by atoms with Crippen LogP contribution in [-0.4, -0.2) is 40.6 Å². The van der Waals surface area contributed by atoms with E-state index in [0.717, 1.165) is 19.4 Å². The molecule has 3 atom stereocenters. The first-order valence-electron chi connectivity index (χ1n) is 11.9. The fraction of sp³-hybridized carbons (Fsp3) is 1.00. The molecule has 0 heterocycles. The molecular weight excluding hydrogens is 392 g/mol. The minimum Gasteiger partial charge on any atom is -0.416 e. The standard InChI is InChI=1S/C24H52O3Si2/c1-17(2)29(18(3)4,19(5)6)27-20-14-21(22(25)15-20)24(10,11)16-26-28(12,13)23(7,8)9/h17-22,25H,14-16H2,1-13H3/t20-,21+,22-/m1/s1. The molecule has 0 unspecified atom stereocenters. The van der Waals surface area contributed by atoms with Gasteiger partial charge in [0.05, 0.1) is 6.10 Å². The molecule has 0 bridgehead atoms. The van der Waals surface area contributed by atoms with Crippen molar-refractivity contribution in [2.45, 2.75) is 136 Å². The van der Waals surface area contributed by atoms with Crippen molar-refractivity contribution in [3.63, 3.8) is 0 Å². The van der Waals surface area contributed by atoms with E-state index in [2.05, 4.69) is 89.3 Å². The molecule has 1 saturated carbocycles. The summed E-state index contributed by atoms with van der Waals surface area (Å²) in [5.74, 6) is 0.232. The molecule has 0 amide bonds. The lowest BCUT2D eigenvalue weighted by Crippen LogP contribution is -2.50. The zero-order chi connectivity index (χ0) is 23.0. The largest absolute Gasteiger partial charge is 0.416 e. The Bertz CT molecular complexity index is 499. The minimum absolute atomic E-state index is 0.0508. The highest BCUT2D eigenvalue weighted by molar-refractivity contribution is 6.77. The number of hydrogen-bond donors (Lipinski definition) is 1. The van der Waals surface area contributed by atoms with E-state index in [1.807, 2.05) is 0 Å². The summed E-state index contributed by atoms with van der Waals surface area (Å²) in [7, 11) is -3.71. The predicted molar refractivity (Wildman–Crippen MR) is 132 cm³/mol. The maximum Gasteiger partial charge on any atom is 0.200 e. The second kappa shape index (κ2) is 9.44. The molecule has 0 aromatic rings. The second-order valence-corrected chi connectivity index (χ2v) is 23.0. The van der Waals surface area contributed by atoms with Gasteiger partial charge in [0, 0.05) is 12.7 Å². The molecule has 5 heteroatoms. The van der Waals surface area contributed by atoms with Crippen LogP contribution in [0.4, 0.5) is 0 Å². The Morgan fingerprint density at radius 1 is 0.862 bits per heavy atom. The van der Waals surface area contributed by atoms with Gasteiger partial charge in [-0.05, 0) is 58.9 Å². The average Bonchev–Trinajstić information content (AvgIpc) is 2.90. The van der Waals surface area contributed by atoms with Crippen LogP contribution in [0.25, 0.3) is 0 Å². The highest BCUT2D eigenvalue weighted by Crippen LogP contribution is 2.48. The van der Waals surface area contributed by atoms with E-state index in [9.17, 15) is 5.11 Å². The van der Waals surface area contributed by atoms with Crippen molar-refractivity contribution >= 4 is 16.6 Å². The lowest BCUT2D eigenvalue weighted by molar-refractivity contribution is 0.0247. The smallest absolute Gasteiger partial charge is 0.200 e. The van der Waals surface area contributed by atoms with Crippen LogP contribution < -0.4 is 0 Å². The topological polar surface area (TPSA) is 38.7 Å². The summed E-state index contributed by atoms with van der Waals surface area (Å²) in [5, 5.41) is 11.2. The van der Waals surface area contributed by atoms with Crippen molar-refractivity contribution in [2.24, 2.45) is 11.3 Å². The molecule has 1 rings (SSSR count). The quantitative estimate of drug-likeness (QED) is 0.377. The van der Waals surface area contributed by atoms with Crippen molar-refractivity contribution in [1.29, 1.82) is 0 Å². The molecule has 1 aliphatic carbocycles. The van der Waals surface area contributed by atoms with Crippen molar-refractivity contribution < 1.29 is 14.0 Å². The molecular formula is C24H52O3Si2. The van der Waals surface area contributed by atoms with Crippen LogP contribution in [0, 0.1) is 11.3 Å². The Morgan fingerprint density at radius 2 is 1.31 bits per heavy atom. The Morgan fingerprint density at radius 3 is 1.69 bits per heavy atom. The van der Waals surface area contributed by atoms with E-state index in [1.54, 1.807) is 0 Å². The van der Waals surface area contributed by atoms with Crippen molar-refractivity contribution in [1.82, 2.24) is 0 Å². The van der Waals surface area contributed by atoms with E-state index >= 15 is 0 Å². The van der Waals surface area contributed by atoms with E-state index < -0.39 is 16.6 Å². The maximum atomic E-state index is 11.0. The lowest BCUT2D eigenvalue weighted by Gasteiger charge is -2.44. The molecule has 174 valence electrons. The number of aliphatic hydroxyl groups is 1. The Kier molecular flexibility index (Phi) is 8.90. The van der Waals surface area contributed by atoms with Crippen LogP contribution >= 0.6 is 0 Å². The molecule has 29 heavy (non-hydrogen) atoms. The molecule has 0 aliphatic heterocycles. The summed E-state index contributed by atoms with van der Waals surface area (Å²) in [4.78, 5) is 0. The first kappa shape index (κ1) is 27.3. The third-order valence-corrected chi connectivity index (χ3v) is 18.8. The summed E-state index contributed by atoms with van der Waals surface area (Å²) in [6.45, 7) is 30.8.